The molecular weight excluding hydrogens is 844 g/mol. The first kappa shape index (κ1) is 45.4. The molecular formula is C46H41F6Y2-. The van der Waals surface area contributed by atoms with Crippen LogP contribution in [0, 0.1) is 18.3 Å². The zero-order chi connectivity index (χ0) is 37.1. The van der Waals surface area contributed by atoms with Gasteiger partial charge in [-0.05, 0) is 75.4 Å². The summed E-state index contributed by atoms with van der Waals surface area (Å²) in [6, 6.07) is 40.0. The Kier molecular flexibility index (Phi) is 18.0. The van der Waals surface area contributed by atoms with Crippen LogP contribution in [0.4, 0.5) is 26.3 Å². The van der Waals surface area contributed by atoms with Crippen LogP contribution in [0.1, 0.15) is 84.7 Å². The minimum Gasteiger partial charge on any atom is -0.295 e. The standard InChI is InChI=1S/C23H23F3.C23H18F3.2Y/c2*1-17(21-15-7-12-19-11-4-5-14-22(19)21)8-2-3-9-18-10-6-13-20(16-18)23(24,25)26;;/h4-7,10-17H,2-3,8-9H2,1H3;2,4-7,10-17H,8H2,1H3;;/q;-1;;. The Morgan fingerprint density at radius 2 is 1.06 bits per heavy atom. The van der Waals surface area contributed by atoms with E-state index < -0.39 is 23.5 Å². The third kappa shape index (κ3) is 13.1. The summed E-state index contributed by atoms with van der Waals surface area (Å²) in [5.74, 6) is 6.39. The Labute approximate surface area is 365 Å². The van der Waals surface area contributed by atoms with Crippen molar-refractivity contribution in [3.8, 4) is 11.8 Å². The fraction of sp³-hybridized carbons (Fsp3) is 0.239. The van der Waals surface area contributed by atoms with Gasteiger partial charge in [0.1, 0.15) is 0 Å². The van der Waals surface area contributed by atoms with Crippen molar-refractivity contribution in [2.45, 2.75) is 70.1 Å². The van der Waals surface area contributed by atoms with Gasteiger partial charge in [-0.1, -0.05) is 160 Å². The van der Waals surface area contributed by atoms with E-state index in [-0.39, 0.29) is 71.3 Å². The number of rotatable bonds is 9. The Morgan fingerprint density at radius 1 is 0.556 bits per heavy atom. The molecule has 0 aliphatic rings. The number of fused-ring (bicyclic) bond motifs is 2. The minimum atomic E-state index is -4.34. The molecule has 6 aromatic carbocycles. The van der Waals surface area contributed by atoms with Crippen LogP contribution in [0.3, 0.4) is 0 Å². The van der Waals surface area contributed by atoms with Gasteiger partial charge in [0.2, 0.25) is 0 Å². The number of unbranched alkanes of at least 4 members (excludes halogenated alkanes) is 1. The van der Waals surface area contributed by atoms with Gasteiger partial charge in [0.05, 0.1) is 11.1 Å². The van der Waals surface area contributed by atoms with Crippen molar-refractivity contribution in [1.82, 2.24) is 0 Å². The van der Waals surface area contributed by atoms with Crippen molar-refractivity contribution in [2.24, 2.45) is 0 Å². The molecule has 0 bridgehead atoms. The van der Waals surface area contributed by atoms with Crippen LogP contribution in [-0.4, -0.2) is 0 Å². The molecule has 2 unspecified atom stereocenters. The SMILES string of the molecule is CC(CCCCc1cccc(C(F)(F)F)c1)c1cccc2ccccc12.CC(C[CH-]C#Cc1cccc(C(F)(F)F)c1)c1cccc2ccccc12.[Y].[Y]. The second-order valence-electron chi connectivity index (χ2n) is 13.2. The molecule has 0 nitrogen and oxygen atoms in total. The maximum Gasteiger partial charge on any atom is 0.416 e. The monoisotopic (exact) mass is 885 g/mol. The largest absolute Gasteiger partial charge is 0.416 e. The zero-order valence-electron chi connectivity index (χ0n) is 30.4. The number of aryl methyl sites for hydroxylation is 1. The van der Waals surface area contributed by atoms with Gasteiger partial charge in [0.25, 0.3) is 0 Å². The summed E-state index contributed by atoms with van der Waals surface area (Å²) >= 11 is 0. The Bertz CT molecular complexity index is 2130. The van der Waals surface area contributed by atoms with Crippen molar-refractivity contribution in [3.63, 3.8) is 0 Å². The topological polar surface area (TPSA) is 0 Å². The molecule has 0 saturated carbocycles. The fourth-order valence-electron chi connectivity index (χ4n) is 6.47. The molecule has 0 spiro atoms. The van der Waals surface area contributed by atoms with Crippen LogP contribution in [0.2, 0.25) is 0 Å². The van der Waals surface area contributed by atoms with E-state index in [1.807, 2.05) is 30.7 Å². The van der Waals surface area contributed by atoms with E-state index in [1.165, 1.54) is 50.9 Å². The molecule has 6 aromatic rings. The van der Waals surface area contributed by atoms with Crippen LogP contribution >= 0.6 is 0 Å². The first-order chi connectivity index (χ1) is 24.9. The zero-order valence-corrected chi connectivity index (χ0v) is 36.1. The summed E-state index contributed by atoms with van der Waals surface area (Å²) in [6.07, 6.45) is -2.42. The first-order valence-corrected chi connectivity index (χ1v) is 17.5. The summed E-state index contributed by atoms with van der Waals surface area (Å²) < 4.78 is 76.5. The number of hydrogen-bond donors (Lipinski definition) is 0. The maximum atomic E-state index is 12.8. The average molecular weight is 886 g/mol. The van der Waals surface area contributed by atoms with Gasteiger partial charge in [-0.3, -0.25) is 11.8 Å². The normalized spacial score (nSPS) is 12.2. The second kappa shape index (κ2) is 21.4. The molecule has 0 amide bonds. The molecule has 0 fully saturated rings. The first-order valence-electron chi connectivity index (χ1n) is 17.5. The van der Waals surface area contributed by atoms with Gasteiger partial charge >= 0.3 is 12.4 Å². The Balaban J connectivity index is 0.000000280. The summed E-state index contributed by atoms with van der Waals surface area (Å²) in [6.45, 7) is 4.36. The molecule has 0 aliphatic heterocycles. The van der Waals surface area contributed by atoms with Crippen molar-refractivity contribution in [1.29, 1.82) is 0 Å². The predicted molar refractivity (Wildman–Crippen MR) is 201 cm³/mol. The van der Waals surface area contributed by atoms with E-state index in [2.05, 4.69) is 86.4 Å². The number of hydrogen-bond acceptors (Lipinski definition) is 0. The molecule has 2 atom stereocenters. The number of benzene rings is 6. The quantitative estimate of drug-likeness (QED) is 0.0587. The summed E-state index contributed by atoms with van der Waals surface area (Å²) in [5.41, 5.74) is 2.50. The second-order valence-corrected chi connectivity index (χ2v) is 13.2. The predicted octanol–water partition coefficient (Wildman–Crippen LogP) is 14.0. The van der Waals surface area contributed by atoms with Gasteiger partial charge < -0.3 is 0 Å². The maximum absolute atomic E-state index is 12.8. The van der Waals surface area contributed by atoms with Crippen molar-refractivity contribution in [2.75, 3.05) is 0 Å². The molecule has 0 heterocycles. The number of halogens is 6. The smallest absolute Gasteiger partial charge is 0.295 e. The van der Waals surface area contributed by atoms with E-state index in [1.54, 1.807) is 12.1 Å². The van der Waals surface area contributed by atoms with E-state index >= 15 is 0 Å². The van der Waals surface area contributed by atoms with Crippen LogP contribution < -0.4 is 0 Å². The molecule has 274 valence electrons. The van der Waals surface area contributed by atoms with Crippen molar-refractivity contribution < 1.29 is 91.8 Å². The molecule has 2 radical (unpaired) electrons. The third-order valence-electron chi connectivity index (χ3n) is 9.30. The average Bonchev–Trinajstić information content (AvgIpc) is 3.14. The molecule has 0 saturated heterocycles. The van der Waals surface area contributed by atoms with Crippen LogP contribution in [0.15, 0.2) is 133 Å². The summed E-state index contributed by atoms with van der Waals surface area (Å²) in [5, 5.41) is 4.97. The Morgan fingerprint density at radius 3 is 1.65 bits per heavy atom. The molecule has 6 rings (SSSR count). The molecule has 0 aromatic heterocycles. The van der Waals surface area contributed by atoms with E-state index in [0.717, 1.165) is 49.4 Å². The molecule has 54 heavy (non-hydrogen) atoms. The van der Waals surface area contributed by atoms with Crippen LogP contribution in [-0.2, 0) is 84.2 Å². The molecule has 0 N–H and O–H groups in total. The minimum absolute atomic E-state index is 0. The Hall–Kier alpha value is -2.94. The van der Waals surface area contributed by atoms with Gasteiger partial charge in [-0.25, -0.2) is 0 Å². The summed E-state index contributed by atoms with van der Waals surface area (Å²) in [7, 11) is 0. The van der Waals surface area contributed by atoms with E-state index in [0.29, 0.717) is 17.9 Å². The number of alkyl halides is 6. The van der Waals surface area contributed by atoms with E-state index in [4.69, 9.17) is 0 Å². The molecule has 8 heteroatoms. The van der Waals surface area contributed by atoms with Gasteiger partial charge in [-0.15, -0.1) is 0 Å². The van der Waals surface area contributed by atoms with Crippen LogP contribution in [0.5, 0.6) is 0 Å². The van der Waals surface area contributed by atoms with Crippen LogP contribution in [0.25, 0.3) is 21.5 Å². The van der Waals surface area contributed by atoms with Crippen molar-refractivity contribution in [3.05, 3.63) is 173 Å². The van der Waals surface area contributed by atoms with Crippen molar-refractivity contribution >= 4 is 21.5 Å². The molecule has 0 aliphatic carbocycles. The third-order valence-corrected chi connectivity index (χ3v) is 9.30. The van der Waals surface area contributed by atoms with Gasteiger partial charge in [-0.2, -0.15) is 32.8 Å². The summed E-state index contributed by atoms with van der Waals surface area (Å²) in [4.78, 5) is 0. The van der Waals surface area contributed by atoms with Gasteiger partial charge in [0, 0.05) is 65.4 Å². The fourth-order valence-corrected chi connectivity index (χ4v) is 6.47. The van der Waals surface area contributed by atoms with E-state index in [9.17, 15) is 26.3 Å². The van der Waals surface area contributed by atoms with Gasteiger partial charge in [0.15, 0.2) is 0 Å².